The van der Waals surface area contributed by atoms with Crippen molar-refractivity contribution in [3.8, 4) is 16.9 Å². The topological polar surface area (TPSA) is 113 Å². The highest BCUT2D eigenvalue weighted by molar-refractivity contribution is 6.18. The first kappa shape index (κ1) is 25.0. The molecule has 1 fully saturated rings. The van der Waals surface area contributed by atoms with Crippen molar-refractivity contribution in [2.24, 2.45) is 5.73 Å². The summed E-state index contributed by atoms with van der Waals surface area (Å²) in [5.74, 6) is -0.605. The molecule has 3 N–H and O–H groups in total. The Morgan fingerprint density at radius 3 is 2.61 bits per heavy atom. The first-order valence-corrected chi connectivity index (χ1v) is 10.3. The highest BCUT2D eigenvalue weighted by atomic mass is 35.5. The van der Waals surface area contributed by atoms with Gasteiger partial charge in [-0.3, -0.25) is 9.59 Å². The van der Waals surface area contributed by atoms with Crippen molar-refractivity contribution in [1.82, 2.24) is 4.98 Å². The Bertz CT molecular complexity index is 1040. The van der Waals surface area contributed by atoms with Crippen LogP contribution in [-0.2, 0) is 20.4 Å². The molecule has 0 unspecified atom stereocenters. The Labute approximate surface area is 191 Å². The lowest BCUT2D eigenvalue weighted by Crippen LogP contribution is -2.53. The fourth-order valence-electron chi connectivity index (χ4n) is 3.41. The number of nitrogens with one attached hydrogen (secondary N) is 1. The summed E-state index contributed by atoms with van der Waals surface area (Å²) >= 11 is 6.00. The number of benzene rings is 1. The summed E-state index contributed by atoms with van der Waals surface area (Å²) < 4.78 is 62.7. The summed E-state index contributed by atoms with van der Waals surface area (Å²) in [6.07, 6.45) is -5.28. The number of H-pyrrole nitrogens is 1. The van der Waals surface area contributed by atoms with Gasteiger partial charge in [0.25, 0.3) is 11.5 Å². The number of carbonyl (C=O) groups is 1. The number of nitrogens with two attached hydrogens (primary N) is 1. The van der Waals surface area contributed by atoms with Crippen molar-refractivity contribution >= 4 is 17.5 Å². The lowest BCUT2D eigenvalue weighted by molar-refractivity contribution is -0.211. The number of aromatic nitrogens is 1. The average Bonchev–Trinajstić information content (AvgIpc) is 2.77. The third-order valence-electron chi connectivity index (χ3n) is 4.93. The third-order valence-corrected chi connectivity index (χ3v) is 5.41. The van der Waals surface area contributed by atoms with Gasteiger partial charge in [0.2, 0.25) is 0 Å². The maximum Gasteiger partial charge on any atom is 0.431 e. The Morgan fingerprint density at radius 2 is 2.03 bits per heavy atom. The number of amides is 1. The maximum absolute atomic E-state index is 13.4. The van der Waals surface area contributed by atoms with E-state index in [9.17, 15) is 22.8 Å². The Balaban J connectivity index is 1.78. The number of alkyl halides is 4. The molecular weight excluding hydrogens is 469 g/mol. The summed E-state index contributed by atoms with van der Waals surface area (Å²) in [7, 11) is 1.53. The van der Waals surface area contributed by atoms with Gasteiger partial charge in [-0.05, 0) is 23.8 Å². The Kier molecular flexibility index (Phi) is 7.68. The van der Waals surface area contributed by atoms with Crippen molar-refractivity contribution in [2.45, 2.75) is 17.9 Å². The predicted molar refractivity (Wildman–Crippen MR) is 113 cm³/mol. The van der Waals surface area contributed by atoms with Crippen LogP contribution in [0.3, 0.4) is 0 Å². The van der Waals surface area contributed by atoms with E-state index in [0.29, 0.717) is 5.75 Å². The van der Waals surface area contributed by atoms with Crippen LogP contribution < -0.4 is 16.0 Å². The largest absolute Gasteiger partial charge is 0.491 e. The van der Waals surface area contributed by atoms with Crippen molar-refractivity contribution in [1.29, 1.82) is 0 Å². The second-order valence-electron chi connectivity index (χ2n) is 7.50. The van der Waals surface area contributed by atoms with Crippen LogP contribution in [0.5, 0.6) is 5.75 Å². The molecule has 2 heterocycles. The maximum atomic E-state index is 13.4. The molecule has 33 heavy (non-hydrogen) atoms. The summed E-state index contributed by atoms with van der Waals surface area (Å²) in [6, 6.07) is 6.48. The second kappa shape index (κ2) is 10.1. The molecule has 1 aliphatic rings. The molecule has 2 aromatic rings. The van der Waals surface area contributed by atoms with E-state index >= 15 is 0 Å². The first-order valence-electron chi connectivity index (χ1n) is 9.76. The molecule has 1 amide bonds. The number of aromatic amines is 1. The molecule has 3 rings (SSSR count). The predicted octanol–water partition coefficient (Wildman–Crippen LogP) is 2.58. The molecule has 12 heteroatoms. The summed E-state index contributed by atoms with van der Waals surface area (Å²) in [6.45, 7) is 0.919. The van der Waals surface area contributed by atoms with Gasteiger partial charge in [-0.2, -0.15) is 13.2 Å². The smallest absolute Gasteiger partial charge is 0.431 e. The molecule has 8 nitrogen and oxygen atoms in total. The molecule has 0 aliphatic carbocycles. The van der Waals surface area contributed by atoms with Crippen molar-refractivity contribution < 1.29 is 36.9 Å². The molecule has 1 aromatic heterocycles. The van der Waals surface area contributed by atoms with E-state index in [-0.39, 0.29) is 37.9 Å². The number of pyridine rings is 1. The molecule has 1 aliphatic heterocycles. The van der Waals surface area contributed by atoms with E-state index in [0.717, 1.165) is 6.07 Å². The van der Waals surface area contributed by atoms with Crippen LogP contribution in [0.2, 0.25) is 0 Å². The molecule has 0 saturated carbocycles. The fraction of sp³-hybridized carbons (Fsp3) is 0.429. The molecule has 2 atom stereocenters. The number of halogens is 4. The van der Waals surface area contributed by atoms with Crippen LogP contribution in [0, 0.1) is 0 Å². The number of primary amides is 1. The van der Waals surface area contributed by atoms with Crippen LogP contribution in [0.1, 0.15) is 16.1 Å². The lowest BCUT2D eigenvalue weighted by atomic mass is 10.0. The molecule has 1 aromatic carbocycles. The minimum atomic E-state index is -4.85. The van der Waals surface area contributed by atoms with Gasteiger partial charge in [0.1, 0.15) is 35.3 Å². The lowest BCUT2D eigenvalue weighted by Gasteiger charge is -2.39. The second-order valence-corrected chi connectivity index (χ2v) is 7.77. The number of methoxy groups -OCH3 is 1. The standard InChI is InChI=1S/C21H22ClF3N2O6/c1-30-10-20(9-22)11-31-7-14(33-20)8-32-13-4-2-12(3-5-13)15-6-16(18(26)28)19(29)27-17(15)21(23,24)25/h2-6,14H,7-11H2,1H3,(H2,26,28)(H,27,29)/t14-,20-/m0/s1. The Morgan fingerprint density at radius 1 is 1.33 bits per heavy atom. The van der Waals surface area contributed by atoms with E-state index in [1.54, 1.807) is 4.98 Å². The van der Waals surface area contributed by atoms with Crippen LogP contribution >= 0.6 is 11.6 Å². The summed E-state index contributed by atoms with van der Waals surface area (Å²) in [4.78, 5) is 24.9. The molecule has 1 saturated heterocycles. The SMILES string of the molecule is COC[C@@]1(CCl)COC[C@@H](COc2ccc(-c3cc(C(N)=O)c(=O)[nH]c3C(F)(F)F)cc2)O1. The monoisotopic (exact) mass is 490 g/mol. The minimum absolute atomic E-state index is 0.104. The summed E-state index contributed by atoms with van der Waals surface area (Å²) in [5, 5.41) is 0. The number of carbonyl (C=O) groups excluding carboxylic acids is 1. The van der Waals surface area contributed by atoms with Crippen molar-refractivity contribution in [3.63, 3.8) is 0 Å². The zero-order valence-corrected chi connectivity index (χ0v) is 18.3. The van der Waals surface area contributed by atoms with Gasteiger partial charge in [0, 0.05) is 12.7 Å². The first-order chi connectivity index (χ1) is 15.6. The van der Waals surface area contributed by atoms with Gasteiger partial charge in [0.05, 0.1) is 25.7 Å². The van der Waals surface area contributed by atoms with E-state index in [1.165, 1.54) is 31.4 Å². The zero-order chi connectivity index (χ0) is 24.2. The highest BCUT2D eigenvalue weighted by Crippen LogP contribution is 2.36. The molecule has 0 radical (unpaired) electrons. The number of rotatable bonds is 8. The average molecular weight is 491 g/mol. The number of ether oxygens (including phenoxy) is 4. The normalized spacial score (nSPS) is 21.1. The van der Waals surface area contributed by atoms with Crippen molar-refractivity contribution in [2.75, 3.05) is 39.4 Å². The van der Waals surface area contributed by atoms with Gasteiger partial charge in [-0.25, -0.2) is 0 Å². The molecule has 0 spiro atoms. The van der Waals surface area contributed by atoms with E-state index in [1.807, 2.05) is 0 Å². The van der Waals surface area contributed by atoms with E-state index < -0.39 is 46.2 Å². The van der Waals surface area contributed by atoms with Crippen molar-refractivity contribution in [3.05, 3.63) is 51.9 Å². The van der Waals surface area contributed by atoms with Crippen LogP contribution in [0.4, 0.5) is 13.2 Å². The van der Waals surface area contributed by atoms with Crippen LogP contribution in [0.25, 0.3) is 11.1 Å². The molecular formula is C21H22ClF3N2O6. The minimum Gasteiger partial charge on any atom is -0.491 e. The van der Waals surface area contributed by atoms with Gasteiger partial charge in [0.15, 0.2) is 0 Å². The van der Waals surface area contributed by atoms with Gasteiger partial charge < -0.3 is 29.7 Å². The van der Waals surface area contributed by atoms with Gasteiger partial charge >= 0.3 is 6.18 Å². The Hall–Kier alpha value is -2.60. The third kappa shape index (κ3) is 5.85. The fourth-order valence-corrected chi connectivity index (χ4v) is 3.63. The number of hydrogen-bond donors (Lipinski definition) is 2. The molecule has 180 valence electrons. The number of hydrogen-bond acceptors (Lipinski definition) is 6. The zero-order valence-electron chi connectivity index (χ0n) is 17.5. The van der Waals surface area contributed by atoms with Crippen LogP contribution in [0.15, 0.2) is 35.1 Å². The quantitative estimate of drug-likeness (QED) is 0.550. The van der Waals surface area contributed by atoms with Gasteiger partial charge in [-0.15, -0.1) is 11.6 Å². The van der Waals surface area contributed by atoms with Gasteiger partial charge in [-0.1, -0.05) is 12.1 Å². The molecule has 0 bridgehead atoms. The summed E-state index contributed by atoms with van der Waals surface area (Å²) in [5.41, 5.74) is 0.956. The highest BCUT2D eigenvalue weighted by Gasteiger charge is 2.38. The van der Waals surface area contributed by atoms with Crippen LogP contribution in [-0.4, -0.2) is 62.0 Å². The van der Waals surface area contributed by atoms with E-state index in [2.05, 4.69) is 0 Å². The van der Waals surface area contributed by atoms with E-state index in [4.69, 9.17) is 36.3 Å².